The number of nitrogens with zero attached hydrogens (tertiary/aromatic N) is 1. The molecule has 0 aromatic heterocycles. The van der Waals surface area contributed by atoms with Crippen molar-refractivity contribution >= 4 is 34.6 Å². The summed E-state index contributed by atoms with van der Waals surface area (Å²) in [6.45, 7) is 1.92. The molecular weight excluding hydrogens is 278 g/mol. The van der Waals surface area contributed by atoms with Crippen molar-refractivity contribution in [3.05, 3.63) is 42.0 Å². The predicted octanol–water partition coefficient (Wildman–Crippen LogP) is 2.29. The van der Waals surface area contributed by atoms with E-state index in [-0.39, 0.29) is 29.2 Å². The number of thioether (sulfide) groups is 1. The quantitative estimate of drug-likeness (QED) is 0.629. The molecule has 2 rings (SSSR count). The topological polar surface area (TPSA) is 63.7 Å². The monoisotopic (exact) mass is 291 g/mol. The minimum Gasteiger partial charge on any atom is -0.463 e. The lowest BCUT2D eigenvalue weighted by atomic mass is 10.1. The van der Waals surface area contributed by atoms with Crippen molar-refractivity contribution in [2.45, 2.75) is 6.92 Å². The number of amides is 2. The summed E-state index contributed by atoms with van der Waals surface area (Å²) in [7, 11) is 0. The molecule has 6 heteroatoms. The van der Waals surface area contributed by atoms with Gasteiger partial charge in [-0.2, -0.15) is 0 Å². The van der Waals surface area contributed by atoms with Gasteiger partial charge < -0.3 is 4.74 Å². The molecule has 0 atom stereocenters. The van der Waals surface area contributed by atoms with E-state index in [2.05, 4.69) is 0 Å². The maximum Gasteiger partial charge on any atom is 0.332 e. The van der Waals surface area contributed by atoms with Gasteiger partial charge in [0.2, 0.25) is 5.91 Å². The maximum atomic E-state index is 11.8. The lowest BCUT2D eigenvalue weighted by Crippen LogP contribution is -2.27. The van der Waals surface area contributed by atoms with Crippen LogP contribution < -0.4 is 0 Å². The van der Waals surface area contributed by atoms with Gasteiger partial charge in [-0.1, -0.05) is 42.1 Å². The Labute approximate surface area is 120 Å². The minimum absolute atomic E-state index is 0.0891. The third-order valence-electron chi connectivity index (χ3n) is 2.60. The Balaban J connectivity index is 2.42. The van der Waals surface area contributed by atoms with Gasteiger partial charge in [-0.15, -0.1) is 0 Å². The molecule has 1 aromatic rings. The van der Waals surface area contributed by atoms with Crippen LogP contribution in [0.3, 0.4) is 0 Å². The molecule has 1 heterocycles. The van der Waals surface area contributed by atoms with Crippen molar-refractivity contribution in [2.24, 2.45) is 0 Å². The number of hydrogen-bond acceptors (Lipinski definition) is 5. The molecule has 1 aromatic carbocycles. The Kier molecular flexibility index (Phi) is 4.57. The highest BCUT2D eigenvalue weighted by Crippen LogP contribution is 2.29. The summed E-state index contributed by atoms with van der Waals surface area (Å²) in [5, 5.41) is -0.380. The van der Waals surface area contributed by atoms with Crippen LogP contribution >= 0.6 is 11.8 Å². The zero-order chi connectivity index (χ0) is 14.5. The van der Waals surface area contributed by atoms with Crippen molar-refractivity contribution in [3.63, 3.8) is 0 Å². The number of hydrogen-bond donors (Lipinski definition) is 0. The third kappa shape index (κ3) is 3.08. The van der Waals surface area contributed by atoms with E-state index in [0.717, 1.165) is 16.7 Å². The van der Waals surface area contributed by atoms with Gasteiger partial charge in [0.1, 0.15) is 0 Å². The van der Waals surface area contributed by atoms with Gasteiger partial charge in [-0.25, -0.2) is 9.69 Å². The van der Waals surface area contributed by atoms with Crippen LogP contribution in [0.25, 0.3) is 5.70 Å². The van der Waals surface area contributed by atoms with Crippen LogP contribution in [-0.2, 0) is 14.3 Å². The molecule has 104 valence electrons. The highest BCUT2D eigenvalue weighted by atomic mass is 32.2. The number of rotatable bonds is 4. The van der Waals surface area contributed by atoms with E-state index in [9.17, 15) is 14.4 Å². The Morgan fingerprint density at radius 3 is 2.60 bits per heavy atom. The van der Waals surface area contributed by atoms with E-state index in [1.165, 1.54) is 6.08 Å². The average Bonchev–Trinajstić information content (AvgIpc) is 2.77. The first-order valence-electron chi connectivity index (χ1n) is 6.07. The smallest absolute Gasteiger partial charge is 0.332 e. The summed E-state index contributed by atoms with van der Waals surface area (Å²) in [6, 6.07) is 8.82. The van der Waals surface area contributed by atoms with Crippen LogP contribution in [0.4, 0.5) is 4.79 Å². The summed E-state index contributed by atoms with van der Waals surface area (Å²) >= 11 is 0.921. The molecule has 0 aliphatic carbocycles. The summed E-state index contributed by atoms with van der Waals surface area (Å²) in [4.78, 5) is 36.3. The second-order valence-corrected chi connectivity index (χ2v) is 4.86. The summed E-state index contributed by atoms with van der Waals surface area (Å²) in [6.07, 6.45) is 1.18. The van der Waals surface area contributed by atoms with Gasteiger partial charge in [-0.05, 0) is 12.5 Å². The molecule has 1 aliphatic heterocycles. The number of ether oxygens (including phenoxy) is 1. The van der Waals surface area contributed by atoms with Crippen LogP contribution in [0.2, 0.25) is 0 Å². The summed E-state index contributed by atoms with van der Waals surface area (Å²) in [5.41, 5.74) is 0.869. The van der Waals surface area contributed by atoms with Gasteiger partial charge in [0, 0.05) is 6.08 Å². The molecule has 1 aliphatic rings. The molecule has 0 radical (unpaired) electrons. The first-order valence-corrected chi connectivity index (χ1v) is 7.05. The van der Waals surface area contributed by atoms with E-state index in [0.29, 0.717) is 5.56 Å². The first kappa shape index (κ1) is 14.3. The zero-order valence-electron chi connectivity index (χ0n) is 10.9. The van der Waals surface area contributed by atoms with Gasteiger partial charge in [0.15, 0.2) is 0 Å². The highest BCUT2D eigenvalue weighted by Gasteiger charge is 2.33. The third-order valence-corrected chi connectivity index (χ3v) is 3.42. The molecule has 0 spiro atoms. The van der Waals surface area contributed by atoms with Crippen LogP contribution in [-0.4, -0.2) is 34.4 Å². The second kappa shape index (κ2) is 6.38. The lowest BCUT2D eigenvalue weighted by Gasteiger charge is -2.17. The van der Waals surface area contributed by atoms with Crippen molar-refractivity contribution in [1.82, 2.24) is 4.90 Å². The second-order valence-electron chi connectivity index (χ2n) is 3.93. The Bertz CT molecular complexity index is 552. The molecule has 0 unspecified atom stereocenters. The SMILES string of the molecule is CCOC(=O)/C=C(\c1ccccc1)N1C(=O)CSC1=O. The Hall–Kier alpha value is -2.08. The normalized spacial score (nSPS) is 15.7. The largest absolute Gasteiger partial charge is 0.463 e. The molecule has 0 bridgehead atoms. The van der Waals surface area contributed by atoms with E-state index in [4.69, 9.17) is 4.74 Å². The van der Waals surface area contributed by atoms with Gasteiger partial charge in [0.05, 0.1) is 18.1 Å². The summed E-state index contributed by atoms with van der Waals surface area (Å²) < 4.78 is 4.85. The highest BCUT2D eigenvalue weighted by molar-refractivity contribution is 8.14. The van der Waals surface area contributed by atoms with Crippen LogP contribution in [0.1, 0.15) is 12.5 Å². The maximum absolute atomic E-state index is 11.8. The standard InChI is InChI=1S/C14H13NO4S/c1-2-19-13(17)8-11(10-6-4-3-5-7-10)15-12(16)9-20-14(15)18/h3-8H,2,9H2,1H3/b11-8+. The van der Waals surface area contributed by atoms with E-state index in [1.54, 1.807) is 31.2 Å². The minimum atomic E-state index is -0.580. The van der Waals surface area contributed by atoms with E-state index < -0.39 is 5.97 Å². The van der Waals surface area contributed by atoms with Gasteiger partial charge in [-0.3, -0.25) is 9.59 Å². The van der Waals surface area contributed by atoms with Crippen LogP contribution in [0.5, 0.6) is 0 Å². The predicted molar refractivity (Wildman–Crippen MR) is 75.8 cm³/mol. The fraction of sp³-hybridized carbons (Fsp3) is 0.214. The van der Waals surface area contributed by atoms with E-state index >= 15 is 0 Å². The molecule has 20 heavy (non-hydrogen) atoms. The van der Waals surface area contributed by atoms with Crippen LogP contribution in [0.15, 0.2) is 36.4 Å². The van der Waals surface area contributed by atoms with Gasteiger partial charge in [0.25, 0.3) is 5.24 Å². The summed E-state index contributed by atoms with van der Waals surface area (Å²) in [5.74, 6) is -0.825. The zero-order valence-corrected chi connectivity index (χ0v) is 11.7. The Morgan fingerprint density at radius 1 is 1.35 bits per heavy atom. The molecule has 0 saturated carbocycles. The van der Waals surface area contributed by atoms with Crippen molar-refractivity contribution < 1.29 is 19.1 Å². The fourth-order valence-corrected chi connectivity index (χ4v) is 2.47. The van der Waals surface area contributed by atoms with Crippen molar-refractivity contribution in [1.29, 1.82) is 0 Å². The lowest BCUT2D eigenvalue weighted by molar-refractivity contribution is -0.137. The first-order chi connectivity index (χ1) is 9.63. The van der Waals surface area contributed by atoms with Crippen molar-refractivity contribution in [3.8, 4) is 0 Å². The average molecular weight is 291 g/mol. The number of benzene rings is 1. The number of carbonyl (C=O) groups excluding carboxylic acids is 3. The molecule has 1 fully saturated rings. The molecule has 0 N–H and O–H groups in total. The molecule has 5 nitrogen and oxygen atoms in total. The van der Waals surface area contributed by atoms with Crippen molar-refractivity contribution in [2.75, 3.05) is 12.4 Å². The number of carbonyl (C=O) groups is 3. The van der Waals surface area contributed by atoms with E-state index in [1.807, 2.05) is 6.07 Å². The molecule has 2 amide bonds. The van der Waals surface area contributed by atoms with Crippen LogP contribution in [0, 0.1) is 0 Å². The Morgan fingerprint density at radius 2 is 2.05 bits per heavy atom. The fourth-order valence-electron chi connectivity index (χ4n) is 1.77. The molecule has 1 saturated heterocycles. The molecular formula is C14H13NO4S. The number of imide groups is 1. The number of esters is 1. The van der Waals surface area contributed by atoms with Gasteiger partial charge >= 0.3 is 5.97 Å².